The lowest BCUT2D eigenvalue weighted by molar-refractivity contribution is 0.102. The van der Waals surface area contributed by atoms with Crippen molar-refractivity contribution in [3.05, 3.63) is 47.2 Å². The van der Waals surface area contributed by atoms with Crippen LogP contribution in [0.3, 0.4) is 0 Å². The van der Waals surface area contributed by atoms with Crippen molar-refractivity contribution in [2.75, 3.05) is 18.2 Å². The Morgan fingerprint density at radius 1 is 1.42 bits per heavy atom. The highest BCUT2D eigenvalue weighted by Gasteiger charge is 2.13. The minimum Gasteiger partial charge on any atom is -0.494 e. The Bertz CT molecular complexity index is 617. The van der Waals surface area contributed by atoms with Gasteiger partial charge in [-0.15, -0.1) is 0 Å². The van der Waals surface area contributed by atoms with Gasteiger partial charge in [0.05, 0.1) is 29.6 Å². The third kappa shape index (κ3) is 2.95. The zero-order valence-corrected chi connectivity index (χ0v) is 10.9. The molecule has 1 heterocycles. The summed E-state index contributed by atoms with van der Waals surface area (Å²) in [5.74, 6) is 0.0671. The lowest BCUT2D eigenvalue weighted by Crippen LogP contribution is -2.13. The summed E-state index contributed by atoms with van der Waals surface area (Å²) in [4.78, 5) is 16.0. The van der Waals surface area contributed by atoms with E-state index in [-0.39, 0.29) is 5.91 Å². The molecule has 3 N–H and O–H groups in total. The number of nitrogens with one attached hydrogen (secondary N) is 1. The monoisotopic (exact) mass is 277 g/mol. The largest absolute Gasteiger partial charge is 0.494 e. The second-order valence-corrected chi connectivity index (χ2v) is 4.18. The molecule has 5 nitrogen and oxygen atoms in total. The predicted octanol–water partition coefficient (Wildman–Crippen LogP) is 2.58. The molecule has 1 amide bonds. The van der Waals surface area contributed by atoms with Gasteiger partial charge >= 0.3 is 0 Å². The van der Waals surface area contributed by atoms with Crippen LogP contribution in [0, 0.1) is 0 Å². The first kappa shape index (κ1) is 13.2. The number of rotatable bonds is 3. The number of nitrogens with zero attached hydrogens (tertiary/aromatic N) is 1. The molecule has 1 aromatic carbocycles. The molecule has 0 atom stereocenters. The van der Waals surface area contributed by atoms with E-state index >= 15 is 0 Å². The van der Waals surface area contributed by atoms with E-state index in [0.717, 1.165) is 0 Å². The average molecular weight is 278 g/mol. The maximum absolute atomic E-state index is 12.1. The third-order valence-corrected chi connectivity index (χ3v) is 2.80. The van der Waals surface area contributed by atoms with E-state index in [1.54, 1.807) is 24.3 Å². The number of anilines is 2. The van der Waals surface area contributed by atoms with Crippen molar-refractivity contribution < 1.29 is 9.53 Å². The molecule has 0 saturated heterocycles. The van der Waals surface area contributed by atoms with Gasteiger partial charge in [0.15, 0.2) is 0 Å². The topological polar surface area (TPSA) is 77.2 Å². The summed E-state index contributed by atoms with van der Waals surface area (Å²) in [7, 11) is 1.48. The molecule has 98 valence electrons. The molecule has 1 aromatic heterocycles. The second-order valence-electron chi connectivity index (χ2n) is 3.77. The number of pyridine rings is 1. The standard InChI is InChI=1S/C13H12ClN3O2/c1-19-12-7-16-5-4-9(12)13(18)17-11-3-2-8(15)6-10(11)14/h2-7H,15H2,1H3,(H,17,18). The Labute approximate surface area is 115 Å². The molecule has 0 fully saturated rings. The maximum atomic E-state index is 12.1. The molecule has 0 unspecified atom stereocenters. The number of carbonyl (C=O) groups is 1. The normalized spacial score (nSPS) is 10.0. The van der Waals surface area contributed by atoms with Gasteiger partial charge in [-0.05, 0) is 24.3 Å². The Kier molecular flexibility index (Phi) is 3.87. The van der Waals surface area contributed by atoms with Crippen molar-refractivity contribution in [1.29, 1.82) is 0 Å². The molecular formula is C13H12ClN3O2. The summed E-state index contributed by atoms with van der Waals surface area (Å²) in [6, 6.07) is 6.44. The SMILES string of the molecule is COc1cnccc1C(=O)Nc1ccc(N)cc1Cl. The molecular weight excluding hydrogens is 266 g/mol. The fourth-order valence-electron chi connectivity index (χ4n) is 1.55. The van der Waals surface area contributed by atoms with Gasteiger partial charge in [0.2, 0.25) is 0 Å². The van der Waals surface area contributed by atoms with Crippen LogP contribution in [-0.2, 0) is 0 Å². The number of hydrogen-bond acceptors (Lipinski definition) is 4. The van der Waals surface area contributed by atoms with Crippen LogP contribution < -0.4 is 15.8 Å². The van der Waals surface area contributed by atoms with Gasteiger partial charge in [-0.25, -0.2) is 0 Å². The van der Waals surface area contributed by atoms with Crippen LogP contribution in [0.4, 0.5) is 11.4 Å². The van der Waals surface area contributed by atoms with E-state index in [0.29, 0.717) is 27.7 Å². The van der Waals surface area contributed by atoms with Crippen molar-refractivity contribution in [1.82, 2.24) is 4.98 Å². The summed E-state index contributed by atoms with van der Waals surface area (Å²) in [6.07, 6.45) is 2.99. The highest BCUT2D eigenvalue weighted by atomic mass is 35.5. The van der Waals surface area contributed by atoms with Gasteiger partial charge in [0.25, 0.3) is 5.91 Å². The lowest BCUT2D eigenvalue weighted by atomic mass is 10.2. The number of nitrogen functional groups attached to an aromatic ring is 1. The average Bonchev–Trinajstić information content (AvgIpc) is 2.41. The molecule has 0 radical (unpaired) electrons. The summed E-state index contributed by atoms with van der Waals surface area (Å²) in [5, 5.41) is 3.07. The molecule has 2 aromatic rings. The Hall–Kier alpha value is -2.27. The van der Waals surface area contributed by atoms with E-state index in [4.69, 9.17) is 22.1 Å². The number of halogens is 1. The highest BCUT2D eigenvalue weighted by molar-refractivity contribution is 6.34. The zero-order chi connectivity index (χ0) is 13.8. The van der Waals surface area contributed by atoms with E-state index < -0.39 is 0 Å². The Morgan fingerprint density at radius 2 is 2.21 bits per heavy atom. The molecule has 0 spiro atoms. The molecule has 0 saturated carbocycles. The fourth-order valence-corrected chi connectivity index (χ4v) is 1.79. The summed E-state index contributed by atoms with van der Waals surface area (Å²) < 4.78 is 5.08. The van der Waals surface area contributed by atoms with Gasteiger partial charge < -0.3 is 15.8 Å². The molecule has 0 aliphatic heterocycles. The molecule has 2 rings (SSSR count). The van der Waals surface area contributed by atoms with Crippen molar-refractivity contribution in [2.45, 2.75) is 0 Å². The van der Waals surface area contributed by atoms with E-state index in [2.05, 4.69) is 10.3 Å². The van der Waals surface area contributed by atoms with Crippen LogP contribution in [0.1, 0.15) is 10.4 Å². The van der Waals surface area contributed by atoms with E-state index in [1.165, 1.54) is 19.5 Å². The molecule has 0 aliphatic rings. The van der Waals surface area contributed by atoms with Crippen LogP contribution in [0.15, 0.2) is 36.7 Å². The minimum absolute atomic E-state index is 0.328. The van der Waals surface area contributed by atoms with Crippen molar-refractivity contribution in [2.24, 2.45) is 0 Å². The number of aromatic nitrogens is 1. The molecule has 6 heteroatoms. The number of nitrogens with two attached hydrogens (primary N) is 1. The van der Waals surface area contributed by atoms with Crippen molar-refractivity contribution >= 4 is 28.9 Å². The number of methoxy groups -OCH3 is 1. The van der Waals surface area contributed by atoms with Crippen LogP contribution in [0.25, 0.3) is 0 Å². The van der Waals surface area contributed by atoms with Crippen LogP contribution in [0.5, 0.6) is 5.75 Å². The van der Waals surface area contributed by atoms with E-state index in [9.17, 15) is 4.79 Å². The quantitative estimate of drug-likeness (QED) is 0.846. The minimum atomic E-state index is -0.328. The van der Waals surface area contributed by atoms with Crippen LogP contribution in [-0.4, -0.2) is 18.0 Å². The maximum Gasteiger partial charge on any atom is 0.259 e. The van der Waals surface area contributed by atoms with Crippen LogP contribution >= 0.6 is 11.6 Å². The fraction of sp³-hybridized carbons (Fsp3) is 0.0769. The Morgan fingerprint density at radius 3 is 2.89 bits per heavy atom. The van der Waals surface area contributed by atoms with Gasteiger partial charge in [0, 0.05) is 11.9 Å². The number of amides is 1. The molecule has 0 aliphatic carbocycles. The van der Waals surface area contributed by atoms with E-state index in [1.807, 2.05) is 0 Å². The smallest absolute Gasteiger partial charge is 0.259 e. The number of hydrogen-bond donors (Lipinski definition) is 2. The Balaban J connectivity index is 2.26. The lowest BCUT2D eigenvalue weighted by Gasteiger charge is -2.10. The van der Waals surface area contributed by atoms with Crippen molar-refractivity contribution in [3.63, 3.8) is 0 Å². The highest BCUT2D eigenvalue weighted by Crippen LogP contribution is 2.25. The van der Waals surface area contributed by atoms with Gasteiger partial charge in [0.1, 0.15) is 5.75 Å². The van der Waals surface area contributed by atoms with Crippen LogP contribution in [0.2, 0.25) is 5.02 Å². The van der Waals surface area contributed by atoms with Gasteiger partial charge in [-0.1, -0.05) is 11.6 Å². The number of ether oxygens (including phenoxy) is 1. The molecule has 0 bridgehead atoms. The first-order valence-electron chi connectivity index (χ1n) is 5.46. The summed E-state index contributed by atoms with van der Waals surface area (Å²) in [6.45, 7) is 0. The first-order valence-corrected chi connectivity index (χ1v) is 5.84. The van der Waals surface area contributed by atoms with Crippen molar-refractivity contribution in [3.8, 4) is 5.75 Å². The first-order chi connectivity index (χ1) is 9.11. The third-order valence-electron chi connectivity index (χ3n) is 2.49. The number of benzene rings is 1. The summed E-state index contributed by atoms with van der Waals surface area (Å²) >= 11 is 6.00. The molecule has 19 heavy (non-hydrogen) atoms. The van der Waals surface area contributed by atoms with Gasteiger partial charge in [-0.3, -0.25) is 9.78 Å². The number of carbonyl (C=O) groups excluding carboxylic acids is 1. The predicted molar refractivity (Wildman–Crippen MR) is 74.6 cm³/mol. The van der Waals surface area contributed by atoms with Gasteiger partial charge in [-0.2, -0.15) is 0 Å². The summed E-state index contributed by atoms with van der Waals surface area (Å²) in [5.41, 5.74) is 6.99. The second kappa shape index (κ2) is 5.58. The zero-order valence-electron chi connectivity index (χ0n) is 10.2.